The maximum absolute atomic E-state index is 11.0. The lowest BCUT2D eigenvalue weighted by Crippen LogP contribution is -2.25. The first-order valence-electron chi connectivity index (χ1n) is 6.38. The van der Waals surface area contributed by atoms with Crippen molar-refractivity contribution in [1.82, 2.24) is 10.2 Å². The van der Waals surface area contributed by atoms with E-state index in [1.165, 1.54) is 6.42 Å². The fraction of sp³-hybridized carbons (Fsp3) is 0.538. The average molecular weight is 328 g/mol. The Morgan fingerprint density at radius 3 is 3.00 bits per heavy atom. The predicted molar refractivity (Wildman–Crippen MR) is 78.1 cm³/mol. The molecule has 1 aromatic rings. The van der Waals surface area contributed by atoms with Crippen molar-refractivity contribution in [2.75, 3.05) is 26.7 Å². The summed E-state index contributed by atoms with van der Waals surface area (Å²) < 4.78 is 0.736. The van der Waals surface area contributed by atoms with Gasteiger partial charge < -0.3 is 10.2 Å². The third-order valence-corrected chi connectivity index (χ3v) is 3.97. The molecule has 0 amide bonds. The first-order chi connectivity index (χ1) is 9.06. The Kier molecular flexibility index (Phi) is 4.90. The Hall–Kier alpha value is -0.980. The molecule has 0 aliphatic carbocycles. The van der Waals surface area contributed by atoms with Crippen molar-refractivity contribution in [2.45, 2.75) is 13.0 Å². The number of nitro benzene ring substituents is 1. The molecule has 19 heavy (non-hydrogen) atoms. The summed E-state index contributed by atoms with van der Waals surface area (Å²) in [5, 5.41) is 14.3. The second kappa shape index (κ2) is 6.45. The number of rotatable bonds is 5. The number of hydrogen-bond acceptors (Lipinski definition) is 4. The van der Waals surface area contributed by atoms with Gasteiger partial charge in [0.2, 0.25) is 0 Å². The van der Waals surface area contributed by atoms with E-state index in [1.807, 2.05) is 6.07 Å². The van der Waals surface area contributed by atoms with E-state index in [-0.39, 0.29) is 10.6 Å². The van der Waals surface area contributed by atoms with E-state index in [0.717, 1.165) is 29.7 Å². The highest BCUT2D eigenvalue weighted by Gasteiger charge is 2.19. The average Bonchev–Trinajstić information content (AvgIpc) is 2.77. The highest BCUT2D eigenvalue weighted by Crippen LogP contribution is 2.23. The lowest BCUT2D eigenvalue weighted by molar-refractivity contribution is -0.385. The zero-order valence-electron chi connectivity index (χ0n) is 10.9. The van der Waals surface area contributed by atoms with E-state index in [0.29, 0.717) is 12.5 Å². The van der Waals surface area contributed by atoms with Crippen molar-refractivity contribution < 1.29 is 4.92 Å². The maximum Gasteiger partial charge on any atom is 0.275 e. The molecule has 2 rings (SSSR count). The van der Waals surface area contributed by atoms with E-state index in [2.05, 4.69) is 33.2 Å². The van der Waals surface area contributed by atoms with E-state index in [1.54, 1.807) is 12.1 Å². The van der Waals surface area contributed by atoms with Gasteiger partial charge in [-0.2, -0.15) is 0 Å². The summed E-state index contributed by atoms with van der Waals surface area (Å²) in [5.74, 6) is 0.652. The molecule has 104 valence electrons. The van der Waals surface area contributed by atoms with Gasteiger partial charge in [0.1, 0.15) is 0 Å². The summed E-state index contributed by atoms with van der Waals surface area (Å²) in [6.07, 6.45) is 1.20. The maximum atomic E-state index is 11.0. The number of nitrogens with zero attached hydrogens (tertiary/aromatic N) is 2. The summed E-state index contributed by atoms with van der Waals surface area (Å²) in [4.78, 5) is 13.0. The minimum atomic E-state index is -0.328. The SMILES string of the molecule is CN1CCC(CNCc2ccc(Br)cc2[N+](=O)[O-])C1. The molecule has 0 spiro atoms. The van der Waals surface area contributed by atoms with Gasteiger partial charge in [-0.15, -0.1) is 0 Å². The lowest BCUT2D eigenvalue weighted by atomic mass is 10.1. The second-order valence-corrected chi connectivity index (χ2v) is 5.99. The van der Waals surface area contributed by atoms with Gasteiger partial charge in [-0.3, -0.25) is 10.1 Å². The Bertz CT molecular complexity index is 467. The molecule has 1 N–H and O–H groups in total. The van der Waals surface area contributed by atoms with Crippen molar-refractivity contribution in [3.05, 3.63) is 38.3 Å². The van der Waals surface area contributed by atoms with Crippen LogP contribution in [0.1, 0.15) is 12.0 Å². The van der Waals surface area contributed by atoms with Crippen LogP contribution >= 0.6 is 15.9 Å². The fourth-order valence-corrected chi connectivity index (χ4v) is 2.81. The van der Waals surface area contributed by atoms with Crippen LogP contribution in [0.3, 0.4) is 0 Å². The molecule has 0 saturated carbocycles. The normalized spacial score (nSPS) is 19.8. The standard InChI is InChI=1S/C13H18BrN3O2/c1-16-5-4-10(9-16)7-15-8-11-2-3-12(14)6-13(11)17(18)19/h2-3,6,10,15H,4-5,7-9H2,1H3. The first-order valence-corrected chi connectivity index (χ1v) is 7.17. The number of hydrogen-bond donors (Lipinski definition) is 1. The number of likely N-dealkylation sites (tertiary alicyclic amines) is 1. The fourth-order valence-electron chi connectivity index (χ4n) is 2.46. The van der Waals surface area contributed by atoms with Gasteiger partial charge in [0.25, 0.3) is 5.69 Å². The van der Waals surface area contributed by atoms with Crippen molar-refractivity contribution in [2.24, 2.45) is 5.92 Å². The highest BCUT2D eigenvalue weighted by atomic mass is 79.9. The van der Waals surface area contributed by atoms with Crippen LogP contribution in [0.5, 0.6) is 0 Å². The smallest absolute Gasteiger partial charge is 0.275 e. The number of benzene rings is 1. The van der Waals surface area contributed by atoms with Crippen LogP contribution in [0.25, 0.3) is 0 Å². The highest BCUT2D eigenvalue weighted by molar-refractivity contribution is 9.10. The molecule has 1 fully saturated rings. The van der Waals surface area contributed by atoms with Crippen LogP contribution in [0, 0.1) is 16.0 Å². The van der Waals surface area contributed by atoms with E-state index in [4.69, 9.17) is 0 Å². The Labute approximate surface area is 121 Å². The lowest BCUT2D eigenvalue weighted by Gasteiger charge is -2.11. The van der Waals surface area contributed by atoms with Crippen LogP contribution in [0.15, 0.2) is 22.7 Å². The number of nitrogens with one attached hydrogen (secondary N) is 1. The zero-order valence-corrected chi connectivity index (χ0v) is 12.5. The minimum Gasteiger partial charge on any atom is -0.312 e. The summed E-state index contributed by atoms with van der Waals surface area (Å²) in [6.45, 7) is 3.71. The van der Waals surface area contributed by atoms with Crippen molar-refractivity contribution in [1.29, 1.82) is 0 Å². The molecule has 0 aromatic heterocycles. The molecule has 6 heteroatoms. The molecule has 0 bridgehead atoms. The summed E-state index contributed by atoms with van der Waals surface area (Å²) in [6, 6.07) is 5.20. The van der Waals surface area contributed by atoms with Gasteiger partial charge in [-0.1, -0.05) is 15.9 Å². The summed E-state index contributed by atoms with van der Waals surface area (Å²) >= 11 is 3.26. The Morgan fingerprint density at radius 1 is 1.58 bits per heavy atom. The first kappa shape index (κ1) is 14.4. The summed E-state index contributed by atoms with van der Waals surface area (Å²) in [7, 11) is 2.12. The third kappa shape index (κ3) is 3.99. The van der Waals surface area contributed by atoms with Crippen LogP contribution < -0.4 is 5.32 Å². The monoisotopic (exact) mass is 327 g/mol. The van der Waals surface area contributed by atoms with Gasteiger partial charge in [-0.05, 0) is 44.6 Å². The van der Waals surface area contributed by atoms with Gasteiger partial charge in [0.15, 0.2) is 0 Å². The second-order valence-electron chi connectivity index (χ2n) is 5.08. The molecule has 1 aliphatic rings. The molecule has 0 radical (unpaired) electrons. The quantitative estimate of drug-likeness (QED) is 0.666. The molecule has 5 nitrogen and oxygen atoms in total. The minimum absolute atomic E-state index is 0.172. The molecule has 1 heterocycles. The molecule has 1 unspecified atom stereocenters. The van der Waals surface area contributed by atoms with Crippen LogP contribution in [-0.4, -0.2) is 36.5 Å². The van der Waals surface area contributed by atoms with Gasteiger partial charge in [0, 0.05) is 29.2 Å². The van der Waals surface area contributed by atoms with Crippen molar-refractivity contribution in [3.8, 4) is 0 Å². The Balaban J connectivity index is 1.90. The van der Waals surface area contributed by atoms with E-state index in [9.17, 15) is 10.1 Å². The molecule has 1 aliphatic heterocycles. The van der Waals surface area contributed by atoms with Crippen molar-refractivity contribution >= 4 is 21.6 Å². The van der Waals surface area contributed by atoms with Crippen LogP contribution in [-0.2, 0) is 6.54 Å². The van der Waals surface area contributed by atoms with Crippen molar-refractivity contribution in [3.63, 3.8) is 0 Å². The zero-order chi connectivity index (χ0) is 13.8. The van der Waals surface area contributed by atoms with Crippen LogP contribution in [0.4, 0.5) is 5.69 Å². The molecule has 1 atom stereocenters. The predicted octanol–water partition coefficient (Wildman–Crippen LogP) is 2.40. The number of halogens is 1. The van der Waals surface area contributed by atoms with Gasteiger partial charge >= 0.3 is 0 Å². The van der Waals surface area contributed by atoms with E-state index < -0.39 is 0 Å². The van der Waals surface area contributed by atoms with Gasteiger partial charge in [-0.25, -0.2) is 0 Å². The summed E-state index contributed by atoms with van der Waals surface area (Å²) in [5.41, 5.74) is 0.907. The molecule has 1 aromatic carbocycles. The molecular formula is C13H18BrN3O2. The molecular weight excluding hydrogens is 310 g/mol. The molecule has 1 saturated heterocycles. The van der Waals surface area contributed by atoms with E-state index >= 15 is 0 Å². The van der Waals surface area contributed by atoms with Gasteiger partial charge in [0.05, 0.1) is 4.92 Å². The largest absolute Gasteiger partial charge is 0.312 e. The van der Waals surface area contributed by atoms with Crippen LogP contribution in [0.2, 0.25) is 0 Å². The number of nitro groups is 1. The Morgan fingerprint density at radius 2 is 2.37 bits per heavy atom. The third-order valence-electron chi connectivity index (χ3n) is 3.48. The topological polar surface area (TPSA) is 58.4 Å².